The molecule has 0 aromatic carbocycles. The third kappa shape index (κ3) is 4.52. The molecule has 1 heterocycles. The monoisotopic (exact) mass is 255 g/mol. The van der Waals surface area contributed by atoms with E-state index in [4.69, 9.17) is 0 Å². The van der Waals surface area contributed by atoms with E-state index in [0.717, 1.165) is 6.54 Å². The van der Waals surface area contributed by atoms with E-state index >= 15 is 0 Å². The molecule has 1 rings (SSSR count). The summed E-state index contributed by atoms with van der Waals surface area (Å²) in [6.45, 7) is 17.5. The first-order chi connectivity index (χ1) is 8.62. The predicted molar refractivity (Wildman–Crippen MR) is 80.1 cm³/mol. The van der Waals surface area contributed by atoms with E-state index in [1.165, 1.54) is 39.0 Å². The normalized spacial score (nSPS) is 24.7. The zero-order chi connectivity index (χ0) is 13.5. The van der Waals surface area contributed by atoms with Gasteiger partial charge in [-0.1, -0.05) is 20.8 Å². The van der Waals surface area contributed by atoms with Crippen LogP contribution in [0.4, 0.5) is 0 Å². The highest BCUT2D eigenvalue weighted by Gasteiger charge is 2.25. The minimum atomic E-state index is 0.659. The van der Waals surface area contributed by atoms with Crippen LogP contribution in [0.15, 0.2) is 0 Å². The van der Waals surface area contributed by atoms with Gasteiger partial charge in [0.1, 0.15) is 0 Å². The number of likely N-dealkylation sites (N-methyl/N-ethyl adjacent to an activating group) is 1. The molecule has 1 saturated heterocycles. The van der Waals surface area contributed by atoms with Gasteiger partial charge in [-0.05, 0) is 33.2 Å². The van der Waals surface area contributed by atoms with Crippen LogP contribution in [0.25, 0.3) is 0 Å². The van der Waals surface area contributed by atoms with Crippen LogP contribution in [0, 0.1) is 0 Å². The van der Waals surface area contributed by atoms with Crippen molar-refractivity contribution in [3.63, 3.8) is 0 Å². The Kier molecular flexibility index (Phi) is 7.20. The molecule has 2 atom stereocenters. The highest BCUT2D eigenvalue weighted by atomic mass is 15.3. The summed E-state index contributed by atoms with van der Waals surface area (Å²) < 4.78 is 0. The maximum absolute atomic E-state index is 3.70. The lowest BCUT2D eigenvalue weighted by Gasteiger charge is -2.42. The molecule has 0 aromatic rings. The van der Waals surface area contributed by atoms with Gasteiger partial charge < -0.3 is 5.32 Å². The third-order valence-corrected chi connectivity index (χ3v) is 4.51. The molecule has 0 amide bonds. The standard InChI is InChI=1S/C15H33N3/c1-6-15(7-2)16-11-13(4)18-10-9-17(8-3)14(5)12-18/h13-16H,6-12H2,1-5H3. The molecule has 1 aliphatic rings. The second-order valence-corrected chi connectivity index (χ2v) is 5.74. The summed E-state index contributed by atoms with van der Waals surface area (Å²) in [7, 11) is 0. The molecule has 0 aliphatic carbocycles. The number of hydrogen-bond acceptors (Lipinski definition) is 3. The van der Waals surface area contributed by atoms with Gasteiger partial charge in [0.15, 0.2) is 0 Å². The Bertz CT molecular complexity index is 216. The molecule has 0 radical (unpaired) electrons. The Balaban J connectivity index is 2.32. The summed E-state index contributed by atoms with van der Waals surface area (Å²) in [4.78, 5) is 5.23. The zero-order valence-electron chi connectivity index (χ0n) is 13.1. The van der Waals surface area contributed by atoms with Crippen molar-refractivity contribution in [1.29, 1.82) is 0 Å². The van der Waals surface area contributed by atoms with Crippen LogP contribution in [0.3, 0.4) is 0 Å². The first-order valence-electron chi connectivity index (χ1n) is 7.83. The van der Waals surface area contributed by atoms with Crippen molar-refractivity contribution in [2.45, 2.75) is 65.6 Å². The number of nitrogens with one attached hydrogen (secondary N) is 1. The highest BCUT2D eigenvalue weighted by Crippen LogP contribution is 2.11. The molecule has 0 bridgehead atoms. The smallest absolute Gasteiger partial charge is 0.0195 e. The maximum atomic E-state index is 3.70. The van der Waals surface area contributed by atoms with E-state index in [9.17, 15) is 0 Å². The van der Waals surface area contributed by atoms with E-state index in [2.05, 4.69) is 49.7 Å². The molecule has 0 aromatic heterocycles. The number of rotatable bonds is 7. The van der Waals surface area contributed by atoms with E-state index in [1.54, 1.807) is 0 Å². The van der Waals surface area contributed by atoms with Crippen molar-refractivity contribution in [2.75, 3.05) is 32.7 Å². The average molecular weight is 255 g/mol. The molecule has 3 nitrogen and oxygen atoms in total. The van der Waals surface area contributed by atoms with Crippen LogP contribution in [0.1, 0.15) is 47.5 Å². The third-order valence-electron chi connectivity index (χ3n) is 4.51. The second-order valence-electron chi connectivity index (χ2n) is 5.74. The molecule has 0 saturated carbocycles. The van der Waals surface area contributed by atoms with Gasteiger partial charge in [0.2, 0.25) is 0 Å². The minimum absolute atomic E-state index is 0.659. The lowest BCUT2D eigenvalue weighted by molar-refractivity contribution is 0.0627. The van der Waals surface area contributed by atoms with Crippen LogP contribution in [-0.4, -0.2) is 60.6 Å². The molecule has 1 fully saturated rings. The molecule has 1 aliphatic heterocycles. The van der Waals surface area contributed by atoms with Crippen molar-refractivity contribution < 1.29 is 0 Å². The second kappa shape index (κ2) is 8.13. The van der Waals surface area contributed by atoms with Crippen LogP contribution in [0.2, 0.25) is 0 Å². The van der Waals surface area contributed by atoms with Crippen molar-refractivity contribution in [3.05, 3.63) is 0 Å². The largest absolute Gasteiger partial charge is 0.312 e. The van der Waals surface area contributed by atoms with Gasteiger partial charge in [-0.15, -0.1) is 0 Å². The summed E-state index contributed by atoms with van der Waals surface area (Å²) in [6.07, 6.45) is 2.48. The predicted octanol–water partition coefficient (Wildman–Crippen LogP) is 2.18. The summed E-state index contributed by atoms with van der Waals surface area (Å²) in [6, 6.07) is 2.06. The first-order valence-corrected chi connectivity index (χ1v) is 7.83. The number of piperazine rings is 1. The van der Waals surface area contributed by atoms with E-state index < -0.39 is 0 Å². The topological polar surface area (TPSA) is 18.5 Å². The average Bonchev–Trinajstić information content (AvgIpc) is 2.39. The molecule has 1 N–H and O–H groups in total. The van der Waals surface area contributed by atoms with E-state index in [0.29, 0.717) is 18.1 Å². The molecule has 108 valence electrons. The van der Waals surface area contributed by atoms with Gasteiger partial charge in [-0.3, -0.25) is 9.80 Å². The van der Waals surface area contributed by atoms with Crippen molar-refractivity contribution in [2.24, 2.45) is 0 Å². The number of nitrogens with zero attached hydrogens (tertiary/aromatic N) is 2. The Morgan fingerprint density at radius 3 is 2.33 bits per heavy atom. The Morgan fingerprint density at radius 1 is 1.17 bits per heavy atom. The Morgan fingerprint density at radius 2 is 1.83 bits per heavy atom. The van der Waals surface area contributed by atoms with Crippen LogP contribution >= 0.6 is 0 Å². The van der Waals surface area contributed by atoms with Gasteiger partial charge >= 0.3 is 0 Å². The fourth-order valence-corrected chi connectivity index (χ4v) is 2.94. The van der Waals surface area contributed by atoms with Crippen LogP contribution in [-0.2, 0) is 0 Å². The first kappa shape index (κ1) is 15.9. The van der Waals surface area contributed by atoms with Gasteiger partial charge in [-0.25, -0.2) is 0 Å². The van der Waals surface area contributed by atoms with Gasteiger partial charge in [-0.2, -0.15) is 0 Å². The lowest BCUT2D eigenvalue weighted by Crippen LogP contribution is -2.56. The van der Waals surface area contributed by atoms with Crippen molar-refractivity contribution in [1.82, 2.24) is 15.1 Å². The minimum Gasteiger partial charge on any atom is -0.312 e. The molecule has 3 heteroatoms. The molecule has 0 spiro atoms. The SMILES string of the molecule is CCC(CC)NCC(C)N1CCN(CC)C(C)C1. The zero-order valence-corrected chi connectivity index (χ0v) is 13.1. The fraction of sp³-hybridized carbons (Fsp3) is 1.00. The van der Waals surface area contributed by atoms with Crippen molar-refractivity contribution in [3.8, 4) is 0 Å². The Hall–Kier alpha value is -0.120. The summed E-state index contributed by atoms with van der Waals surface area (Å²) in [5.74, 6) is 0. The van der Waals surface area contributed by atoms with Crippen molar-refractivity contribution >= 4 is 0 Å². The van der Waals surface area contributed by atoms with Crippen LogP contribution < -0.4 is 5.32 Å². The molecular weight excluding hydrogens is 222 g/mol. The lowest BCUT2D eigenvalue weighted by atomic mass is 10.1. The summed E-state index contributed by atoms with van der Waals surface area (Å²) in [5.41, 5.74) is 0. The summed E-state index contributed by atoms with van der Waals surface area (Å²) >= 11 is 0. The fourth-order valence-electron chi connectivity index (χ4n) is 2.94. The molecule has 2 unspecified atom stereocenters. The Labute approximate surface area is 114 Å². The van der Waals surface area contributed by atoms with Crippen LogP contribution in [0.5, 0.6) is 0 Å². The highest BCUT2D eigenvalue weighted by molar-refractivity contribution is 4.82. The quantitative estimate of drug-likeness (QED) is 0.752. The molecular formula is C15H33N3. The maximum Gasteiger partial charge on any atom is 0.0195 e. The van der Waals surface area contributed by atoms with Gasteiger partial charge in [0.25, 0.3) is 0 Å². The van der Waals surface area contributed by atoms with E-state index in [-0.39, 0.29) is 0 Å². The summed E-state index contributed by atoms with van der Waals surface area (Å²) in [5, 5.41) is 3.70. The number of hydrogen-bond donors (Lipinski definition) is 1. The molecule has 18 heavy (non-hydrogen) atoms. The van der Waals surface area contributed by atoms with E-state index in [1.807, 2.05) is 0 Å². The van der Waals surface area contributed by atoms with Gasteiger partial charge in [0, 0.05) is 44.3 Å². The van der Waals surface area contributed by atoms with Gasteiger partial charge in [0.05, 0.1) is 0 Å².